The second-order valence-corrected chi connectivity index (χ2v) is 7.05. The number of carbonyl (C=O) groups excluding carboxylic acids is 1. The van der Waals surface area contributed by atoms with Crippen LogP contribution in [0.1, 0.15) is 36.2 Å². The third kappa shape index (κ3) is 2.90. The second kappa shape index (κ2) is 4.72. The lowest BCUT2D eigenvalue weighted by Crippen LogP contribution is -2.31. The summed E-state index contributed by atoms with van der Waals surface area (Å²) in [6.07, 6.45) is 1.01. The van der Waals surface area contributed by atoms with Gasteiger partial charge >= 0.3 is 15.6 Å². The van der Waals surface area contributed by atoms with Crippen molar-refractivity contribution in [1.82, 2.24) is 0 Å². The highest BCUT2D eigenvalue weighted by Gasteiger charge is 2.48. The van der Waals surface area contributed by atoms with Crippen LogP contribution in [0.2, 0.25) is 0 Å². The molecule has 0 spiro atoms. The Hall–Kier alpha value is -1.57. The van der Waals surface area contributed by atoms with E-state index in [9.17, 15) is 26.4 Å². The van der Waals surface area contributed by atoms with Crippen molar-refractivity contribution in [1.29, 1.82) is 0 Å². The number of carbonyl (C=O) groups is 1. The Morgan fingerprint density at radius 2 is 1.86 bits per heavy atom. The summed E-state index contributed by atoms with van der Waals surface area (Å²) < 4.78 is 62.7. The molecule has 1 aromatic carbocycles. The first-order valence-corrected chi connectivity index (χ1v) is 7.53. The van der Waals surface area contributed by atoms with E-state index in [-0.39, 0.29) is 5.78 Å². The molecule has 0 amide bonds. The number of ketones is 1. The lowest BCUT2D eigenvalue weighted by Gasteiger charge is -2.29. The second-order valence-electron chi connectivity index (χ2n) is 5.52. The van der Waals surface area contributed by atoms with Crippen molar-refractivity contribution in [2.75, 3.05) is 0 Å². The fourth-order valence-electron chi connectivity index (χ4n) is 2.15. The van der Waals surface area contributed by atoms with Crippen LogP contribution in [0.15, 0.2) is 18.2 Å². The van der Waals surface area contributed by atoms with Gasteiger partial charge in [-0.25, -0.2) is 0 Å². The number of benzene rings is 1. The zero-order chi connectivity index (χ0) is 16.1. The van der Waals surface area contributed by atoms with Crippen LogP contribution in [0, 0.1) is 5.41 Å². The third-order valence-electron chi connectivity index (χ3n) is 3.44. The van der Waals surface area contributed by atoms with Gasteiger partial charge in [0.15, 0.2) is 5.78 Å². The van der Waals surface area contributed by atoms with Crippen LogP contribution in [0.3, 0.4) is 0 Å². The minimum Gasteiger partial charge on any atom is -0.376 e. The fourth-order valence-corrected chi connectivity index (χ4v) is 2.60. The Kier molecular flexibility index (Phi) is 3.56. The summed E-state index contributed by atoms with van der Waals surface area (Å²) in [5.41, 5.74) is -5.13. The summed E-state index contributed by atoms with van der Waals surface area (Å²) in [5.74, 6) is -0.562. The maximum atomic E-state index is 12.3. The van der Waals surface area contributed by atoms with Crippen molar-refractivity contribution in [2.24, 2.45) is 5.41 Å². The molecule has 1 aromatic rings. The molecule has 0 fully saturated rings. The van der Waals surface area contributed by atoms with Gasteiger partial charge in [0.1, 0.15) is 5.75 Å². The molecule has 21 heavy (non-hydrogen) atoms. The monoisotopic (exact) mass is 322 g/mol. The molecule has 2 rings (SSSR count). The summed E-state index contributed by atoms with van der Waals surface area (Å²) in [6, 6.07) is 3.53. The molecule has 0 bridgehead atoms. The Morgan fingerprint density at radius 1 is 1.24 bits per heavy atom. The van der Waals surface area contributed by atoms with Crippen LogP contribution in [0.5, 0.6) is 5.75 Å². The SMILES string of the molecule is CC1(C)CCc2cc(OS(=O)(=O)C(F)(F)F)ccc2C1=O. The van der Waals surface area contributed by atoms with E-state index in [1.54, 1.807) is 13.8 Å². The summed E-state index contributed by atoms with van der Waals surface area (Å²) >= 11 is 0. The zero-order valence-corrected chi connectivity index (χ0v) is 12.1. The topological polar surface area (TPSA) is 60.4 Å². The van der Waals surface area contributed by atoms with E-state index in [4.69, 9.17) is 0 Å². The summed E-state index contributed by atoms with van der Waals surface area (Å²) in [7, 11) is -5.70. The van der Waals surface area contributed by atoms with Gasteiger partial charge in [-0.3, -0.25) is 4.79 Å². The summed E-state index contributed by atoms with van der Waals surface area (Å²) in [4.78, 5) is 12.2. The molecule has 8 heteroatoms. The van der Waals surface area contributed by atoms with Gasteiger partial charge in [-0.05, 0) is 36.6 Å². The number of fused-ring (bicyclic) bond motifs is 1. The number of Topliss-reactive ketones (excluding diaryl/α,β-unsaturated/α-hetero) is 1. The molecule has 1 aliphatic rings. The van der Waals surface area contributed by atoms with Crippen LogP contribution >= 0.6 is 0 Å². The van der Waals surface area contributed by atoms with E-state index in [1.807, 2.05) is 0 Å². The Bertz CT molecular complexity index is 690. The lowest BCUT2D eigenvalue weighted by molar-refractivity contribution is -0.0500. The van der Waals surface area contributed by atoms with Crippen molar-refractivity contribution in [3.63, 3.8) is 0 Å². The number of rotatable bonds is 2. The summed E-state index contributed by atoms with van der Waals surface area (Å²) in [6.45, 7) is 3.58. The van der Waals surface area contributed by atoms with Crippen molar-refractivity contribution in [3.05, 3.63) is 29.3 Å². The summed E-state index contributed by atoms with van der Waals surface area (Å²) in [5, 5.41) is 0. The minimum atomic E-state index is -5.70. The minimum absolute atomic E-state index is 0.117. The van der Waals surface area contributed by atoms with Crippen molar-refractivity contribution < 1.29 is 30.6 Å². The molecule has 1 aliphatic carbocycles. The van der Waals surface area contributed by atoms with Gasteiger partial charge in [-0.1, -0.05) is 13.8 Å². The van der Waals surface area contributed by atoms with Crippen molar-refractivity contribution in [2.45, 2.75) is 32.2 Å². The number of alkyl halides is 3. The zero-order valence-electron chi connectivity index (χ0n) is 11.3. The van der Waals surface area contributed by atoms with Crippen LogP contribution in [0.25, 0.3) is 0 Å². The predicted octanol–water partition coefficient (Wildman–Crippen LogP) is 3.07. The first kappa shape index (κ1) is 15.8. The van der Waals surface area contributed by atoms with Gasteiger partial charge in [0.25, 0.3) is 0 Å². The van der Waals surface area contributed by atoms with E-state index in [1.165, 1.54) is 12.1 Å². The lowest BCUT2D eigenvalue weighted by atomic mass is 9.73. The quantitative estimate of drug-likeness (QED) is 0.620. The molecule has 0 atom stereocenters. The normalized spacial score (nSPS) is 18.2. The van der Waals surface area contributed by atoms with E-state index < -0.39 is 26.8 Å². The maximum absolute atomic E-state index is 12.3. The number of hydrogen-bond donors (Lipinski definition) is 0. The number of halogens is 3. The predicted molar refractivity (Wildman–Crippen MR) is 68.5 cm³/mol. The van der Waals surface area contributed by atoms with Crippen molar-refractivity contribution >= 4 is 15.9 Å². The van der Waals surface area contributed by atoms with E-state index in [2.05, 4.69) is 4.18 Å². The standard InChI is InChI=1S/C13H13F3O4S/c1-12(2)6-5-8-7-9(3-4-10(8)11(12)17)20-21(18,19)13(14,15)16/h3-4,7H,5-6H2,1-2H3. The molecule has 0 radical (unpaired) electrons. The Labute approximate surface area is 120 Å². The number of hydrogen-bond acceptors (Lipinski definition) is 4. The molecule has 0 aromatic heterocycles. The highest BCUT2D eigenvalue weighted by atomic mass is 32.2. The highest BCUT2D eigenvalue weighted by molar-refractivity contribution is 7.88. The molecule has 0 aliphatic heterocycles. The van der Waals surface area contributed by atoms with Gasteiger partial charge in [0, 0.05) is 11.0 Å². The first-order valence-electron chi connectivity index (χ1n) is 6.12. The van der Waals surface area contributed by atoms with Crippen molar-refractivity contribution in [3.8, 4) is 5.75 Å². The number of aryl methyl sites for hydroxylation is 1. The van der Waals surface area contributed by atoms with Gasteiger partial charge in [-0.2, -0.15) is 21.6 Å². The first-order chi connectivity index (χ1) is 9.44. The molecule has 4 nitrogen and oxygen atoms in total. The molecule has 116 valence electrons. The maximum Gasteiger partial charge on any atom is 0.534 e. The molecule has 0 saturated heterocycles. The van der Waals surface area contributed by atoms with Gasteiger partial charge in [-0.15, -0.1) is 0 Å². The van der Waals surface area contributed by atoms with Gasteiger partial charge in [0.2, 0.25) is 0 Å². The third-order valence-corrected chi connectivity index (χ3v) is 4.42. The van der Waals surface area contributed by atoms with E-state index >= 15 is 0 Å². The fraction of sp³-hybridized carbons (Fsp3) is 0.462. The smallest absolute Gasteiger partial charge is 0.376 e. The molecule has 0 saturated carbocycles. The molecule has 0 heterocycles. The molecular weight excluding hydrogens is 309 g/mol. The van der Waals surface area contributed by atoms with Crippen LogP contribution in [0.4, 0.5) is 13.2 Å². The van der Waals surface area contributed by atoms with Crippen LogP contribution in [-0.4, -0.2) is 19.7 Å². The largest absolute Gasteiger partial charge is 0.534 e. The molecule has 0 unspecified atom stereocenters. The van der Waals surface area contributed by atoms with E-state index in [0.29, 0.717) is 24.0 Å². The van der Waals surface area contributed by atoms with E-state index in [0.717, 1.165) is 6.07 Å². The Morgan fingerprint density at radius 3 is 2.43 bits per heavy atom. The molecular formula is C13H13F3O4S. The van der Waals surface area contributed by atoms with Gasteiger partial charge < -0.3 is 4.18 Å². The average molecular weight is 322 g/mol. The Balaban J connectivity index is 2.35. The van der Waals surface area contributed by atoms with Crippen LogP contribution in [-0.2, 0) is 16.5 Å². The highest BCUT2D eigenvalue weighted by Crippen LogP contribution is 2.36. The van der Waals surface area contributed by atoms with Gasteiger partial charge in [0.05, 0.1) is 0 Å². The average Bonchev–Trinajstić information content (AvgIpc) is 2.32. The molecule has 0 N–H and O–H groups in total. The van der Waals surface area contributed by atoms with Crippen LogP contribution < -0.4 is 4.18 Å².